The molecule has 1 saturated heterocycles. The Morgan fingerprint density at radius 2 is 1.86 bits per heavy atom. The number of anilines is 2. The van der Waals surface area contributed by atoms with Gasteiger partial charge < -0.3 is 9.47 Å². The third-order valence-corrected chi connectivity index (χ3v) is 5.14. The van der Waals surface area contributed by atoms with Gasteiger partial charge in [0, 0.05) is 0 Å². The molecule has 2 atom stereocenters. The van der Waals surface area contributed by atoms with Crippen LogP contribution in [0.3, 0.4) is 0 Å². The molecule has 144 valence electrons. The molecule has 0 aromatic heterocycles. The number of para-hydroxylation sites is 1. The van der Waals surface area contributed by atoms with E-state index in [9.17, 15) is 14.4 Å². The van der Waals surface area contributed by atoms with Crippen LogP contribution in [0.25, 0.3) is 0 Å². The van der Waals surface area contributed by atoms with Crippen LogP contribution in [-0.4, -0.2) is 37.7 Å². The first-order valence-electron chi connectivity index (χ1n) is 9.12. The predicted molar refractivity (Wildman–Crippen MR) is 102 cm³/mol. The van der Waals surface area contributed by atoms with Gasteiger partial charge in [-0.2, -0.15) is 0 Å². The lowest BCUT2D eigenvalue weighted by molar-refractivity contribution is -0.122. The van der Waals surface area contributed by atoms with Gasteiger partial charge in [-0.25, -0.2) is 9.69 Å². The maximum atomic E-state index is 13.2. The third-order valence-electron chi connectivity index (χ3n) is 5.14. The van der Waals surface area contributed by atoms with Crippen molar-refractivity contribution >= 4 is 29.3 Å². The van der Waals surface area contributed by atoms with Gasteiger partial charge >= 0.3 is 6.09 Å². The van der Waals surface area contributed by atoms with Crippen LogP contribution in [0.4, 0.5) is 16.2 Å². The molecule has 2 aliphatic rings. The van der Waals surface area contributed by atoms with Gasteiger partial charge in [-0.1, -0.05) is 18.2 Å². The van der Waals surface area contributed by atoms with E-state index in [1.54, 1.807) is 56.5 Å². The molecule has 0 bridgehead atoms. The zero-order valence-electron chi connectivity index (χ0n) is 15.6. The lowest BCUT2D eigenvalue weighted by Crippen LogP contribution is -2.51. The monoisotopic (exact) mass is 380 g/mol. The largest absolute Gasteiger partial charge is 0.497 e. The highest BCUT2D eigenvalue weighted by atomic mass is 16.6. The Kier molecular flexibility index (Phi) is 4.50. The highest BCUT2D eigenvalue weighted by Crippen LogP contribution is 2.42. The quantitative estimate of drug-likeness (QED) is 0.766. The minimum Gasteiger partial charge on any atom is -0.497 e. The number of imide groups is 1. The van der Waals surface area contributed by atoms with Crippen molar-refractivity contribution in [3.63, 3.8) is 0 Å². The van der Waals surface area contributed by atoms with Crippen molar-refractivity contribution < 1.29 is 23.9 Å². The number of carbonyl (C=O) groups is 3. The summed E-state index contributed by atoms with van der Waals surface area (Å²) in [6.07, 6.45) is -0.291. The molecular formula is C21H20N2O5. The number of hydrogen-bond acceptors (Lipinski definition) is 5. The van der Waals surface area contributed by atoms with E-state index in [1.807, 2.05) is 6.07 Å². The van der Waals surface area contributed by atoms with Crippen molar-refractivity contribution in [2.45, 2.75) is 19.4 Å². The first-order chi connectivity index (χ1) is 13.6. The van der Waals surface area contributed by atoms with Crippen LogP contribution in [0.5, 0.6) is 5.75 Å². The van der Waals surface area contributed by atoms with Gasteiger partial charge in [0.25, 0.3) is 5.91 Å². The fraction of sp³-hybridized carbons (Fsp3) is 0.286. The van der Waals surface area contributed by atoms with E-state index in [0.29, 0.717) is 23.5 Å². The molecule has 7 nitrogen and oxygen atoms in total. The topological polar surface area (TPSA) is 76.2 Å². The predicted octanol–water partition coefficient (Wildman–Crippen LogP) is 2.77. The van der Waals surface area contributed by atoms with Crippen LogP contribution in [0.15, 0.2) is 48.5 Å². The van der Waals surface area contributed by atoms with E-state index in [1.165, 1.54) is 9.80 Å². The third kappa shape index (κ3) is 2.70. The first-order valence-corrected chi connectivity index (χ1v) is 9.12. The number of fused-ring (bicyclic) bond motifs is 2. The van der Waals surface area contributed by atoms with Crippen LogP contribution >= 0.6 is 0 Å². The summed E-state index contributed by atoms with van der Waals surface area (Å²) in [7, 11) is 1.55. The standard InChI is InChI=1S/C21H20N2O5/c1-3-28-21(26)23-17-10-9-15(27-2)11-13(17)12-16-18(23)20(25)22(19(16)24)14-7-5-4-6-8-14/h4-11,16,18H,3,12H2,1-2H3/t16-,18+/m1/s1. The highest BCUT2D eigenvalue weighted by Gasteiger charge is 2.55. The number of hydrogen-bond donors (Lipinski definition) is 0. The molecule has 0 radical (unpaired) electrons. The van der Waals surface area contributed by atoms with Gasteiger partial charge in [-0.3, -0.25) is 14.5 Å². The molecule has 0 aliphatic carbocycles. The fourth-order valence-corrected chi connectivity index (χ4v) is 3.91. The maximum Gasteiger partial charge on any atom is 0.415 e. The number of nitrogens with zero attached hydrogens (tertiary/aromatic N) is 2. The van der Waals surface area contributed by atoms with E-state index in [4.69, 9.17) is 9.47 Å². The van der Waals surface area contributed by atoms with E-state index in [0.717, 1.165) is 5.56 Å². The summed E-state index contributed by atoms with van der Waals surface area (Å²) in [5.41, 5.74) is 1.83. The Labute approximate surface area is 162 Å². The van der Waals surface area contributed by atoms with E-state index >= 15 is 0 Å². The minimum atomic E-state index is -0.923. The van der Waals surface area contributed by atoms with E-state index in [-0.39, 0.29) is 12.5 Å². The second kappa shape index (κ2) is 6.99. The molecule has 4 rings (SSSR count). The Bertz CT molecular complexity index is 943. The summed E-state index contributed by atoms with van der Waals surface area (Å²) < 4.78 is 10.5. The Morgan fingerprint density at radius 1 is 1.11 bits per heavy atom. The van der Waals surface area contributed by atoms with Gasteiger partial charge in [-0.05, 0) is 49.2 Å². The smallest absolute Gasteiger partial charge is 0.415 e. The van der Waals surface area contributed by atoms with Gasteiger partial charge in [0.15, 0.2) is 0 Å². The molecule has 2 aromatic carbocycles. The lowest BCUT2D eigenvalue weighted by Gasteiger charge is -2.35. The number of amides is 3. The first kappa shape index (κ1) is 18.0. The van der Waals surface area contributed by atoms with Crippen molar-refractivity contribution in [1.29, 1.82) is 0 Å². The molecule has 0 unspecified atom stereocenters. The summed E-state index contributed by atoms with van der Waals surface area (Å²) in [4.78, 5) is 41.6. The summed E-state index contributed by atoms with van der Waals surface area (Å²) in [5, 5.41) is 0. The maximum absolute atomic E-state index is 13.2. The van der Waals surface area contributed by atoms with Crippen LogP contribution in [0.2, 0.25) is 0 Å². The SMILES string of the molecule is CCOC(=O)N1c2ccc(OC)cc2C[C@H]2C(=O)N(c3ccccc3)C(=O)[C@H]21. The second-order valence-electron chi connectivity index (χ2n) is 6.67. The molecule has 1 fully saturated rings. The summed E-state index contributed by atoms with van der Waals surface area (Å²) in [6.45, 7) is 1.87. The van der Waals surface area contributed by atoms with Crippen LogP contribution < -0.4 is 14.5 Å². The van der Waals surface area contributed by atoms with Crippen LogP contribution in [0, 0.1) is 5.92 Å². The zero-order valence-corrected chi connectivity index (χ0v) is 15.6. The van der Waals surface area contributed by atoms with Crippen molar-refractivity contribution in [1.82, 2.24) is 0 Å². The number of benzene rings is 2. The molecular weight excluding hydrogens is 360 g/mol. The van der Waals surface area contributed by atoms with Gasteiger partial charge in [-0.15, -0.1) is 0 Å². The molecule has 2 aliphatic heterocycles. The van der Waals surface area contributed by atoms with Gasteiger partial charge in [0.2, 0.25) is 5.91 Å². The number of carbonyl (C=O) groups excluding carboxylic acids is 3. The van der Waals surface area contributed by atoms with Crippen molar-refractivity contribution in [3.8, 4) is 5.75 Å². The van der Waals surface area contributed by atoms with Crippen LogP contribution in [0.1, 0.15) is 12.5 Å². The summed E-state index contributed by atoms with van der Waals surface area (Å²) in [6, 6.07) is 13.1. The number of ether oxygens (including phenoxy) is 2. The van der Waals surface area contributed by atoms with Crippen molar-refractivity contribution in [3.05, 3.63) is 54.1 Å². The second-order valence-corrected chi connectivity index (χ2v) is 6.67. The van der Waals surface area contributed by atoms with Gasteiger partial charge in [0.05, 0.1) is 31.0 Å². The molecule has 0 saturated carbocycles. The van der Waals surface area contributed by atoms with Crippen LogP contribution in [-0.2, 0) is 20.7 Å². The molecule has 0 N–H and O–H groups in total. The highest BCUT2D eigenvalue weighted by molar-refractivity contribution is 6.26. The normalized spacial score (nSPS) is 20.6. The fourth-order valence-electron chi connectivity index (χ4n) is 3.91. The Morgan fingerprint density at radius 3 is 2.54 bits per heavy atom. The van der Waals surface area contributed by atoms with Crippen molar-refractivity contribution in [2.24, 2.45) is 5.92 Å². The average Bonchev–Trinajstić information content (AvgIpc) is 2.96. The number of methoxy groups -OCH3 is 1. The molecule has 7 heteroatoms. The Balaban J connectivity index is 1.81. The molecule has 0 spiro atoms. The summed E-state index contributed by atoms with van der Waals surface area (Å²) in [5.74, 6) is -0.783. The summed E-state index contributed by atoms with van der Waals surface area (Å²) >= 11 is 0. The molecule has 3 amide bonds. The zero-order chi connectivity index (χ0) is 19.8. The molecule has 28 heavy (non-hydrogen) atoms. The average molecular weight is 380 g/mol. The molecule has 2 aromatic rings. The lowest BCUT2D eigenvalue weighted by atomic mass is 9.87. The molecule has 2 heterocycles. The van der Waals surface area contributed by atoms with Crippen molar-refractivity contribution in [2.75, 3.05) is 23.5 Å². The minimum absolute atomic E-state index is 0.169. The van der Waals surface area contributed by atoms with E-state index < -0.39 is 24.0 Å². The van der Waals surface area contributed by atoms with Gasteiger partial charge in [0.1, 0.15) is 11.8 Å². The Hall–Kier alpha value is -3.35. The number of rotatable bonds is 3. The van der Waals surface area contributed by atoms with E-state index in [2.05, 4.69) is 0 Å².